The van der Waals surface area contributed by atoms with E-state index in [0.29, 0.717) is 30.4 Å². The Morgan fingerprint density at radius 3 is 2.36 bits per heavy atom. The fourth-order valence-electron chi connectivity index (χ4n) is 1.92. The van der Waals surface area contributed by atoms with Gasteiger partial charge in [0.15, 0.2) is 11.6 Å². The molecule has 7 heteroatoms. The summed E-state index contributed by atoms with van der Waals surface area (Å²) in [4.78, 5) is 12.2. The van der Waals surface area contributed by atoms with Crippen LogP contribution in [0.3, 0.4) is 0 Å². The van der Waals surface area contributed by atoms with Gasteiger partial charge < -0.3 is 14.8 Å². The molecule has 25 heavy (non-hydrogen) atoms. The second-order valence-corrected chi connectivity index (χ2v) is 6.02. The summed E-state index contributed by atoms with van der Waals surface area (Å²) in [7, 11) is 0. The highest BCUT2D eigenvalue weighted by atomic mass is 32.2. The van der Waals surface area contributed by atoms with Gasteiger partial charge in [-0.1, -0.05) is 0 Å². The number of halogens is 2. The fraction of sp³-hybridized carbons (Fsp3) is 0.278. The summed E-state index contributed by atoms with van der Waals surface area (Å²) < 4.78 is 36.7. The molecule has 0 saturated carbocycles. The molecule has 0 heterocycles. The van der Waals surface area contributed by atoms with Gasteiger partial charge in [-0.15, -0.1) is 11.8 Å². The topological polar surface area (TPSA) is 47.6 Å². The van der Waals surface area contributed by atoms with Gasteiger partial charge in [-0.25, -0.2) is 8.78 Å². The molecule has 0 fully saturated rings. The Balaban J connectivity index is 1.64. The number of hydrogen-bond donors (Lipinski definition) is 1. The molecule has 2 rings (SSSR count). The molecule has 0 aliphatic rings. The monoisotopic (exact) mass is 367 g/mol. The predicted octanol–water partition coefficient (Wildman–Crippen LogP) is 3.65. The van der Waals surface area contributed by atoms with Crippen molar-refractivity contribution in [3.8, 4) is 11.5 Å². The molecule has 0 saturated heterocycles. The average molecular weight is 367 g/mol. The molecular formula is C18H19F2NO3S. The van der Waals surface area contributed by atoms with Gasteiger partial charge in [0.2, 0.25) is 5.91 Å². The largest absolute Gasteiger partial charge is 0.494 e. The molecule has 1 N–H and O–H groups in total. The first-order chi connectivity index (χ1) is 12.1. The van der Waals surface area contributed by atoms with Crippen molar-refractivity contribution >= 4 is 17.7 Å². The zero-order valence-electron chi connectivity index (χ0n) is 13.8. The van der Waals surface area contributed by atoms with E-state index in [1.807, 2.05) is 19.1 Å². The summed E-state index contributed by atoms with van der Waals surface area (Å²) in [6.07, 6.45) is 0. The second kappa shape index (κ2) is 9.88. The zero-order valence-corrected chi connectivity index (χ0v) is 14.6. The normalized spacial score (nSPS) is 10.4. The SMILES string of the molecule is CCOc1ccc(OCCNC(=O)CSc2ccc(F)c(F)c2)cc1. The van der Waals surface area contributed by atoms with Crippen LogP contribution in [0.25, 0.3) is 0 Å². The third-order valence-electron chi connectivity index (χ3n) is 3.09. The molecule has 0 unspecified atom stereocenters. The minimum atomic E-state index is -0.922. The lowest BCUT2D eigenvalue weighted by molar-refractivity contribution is -0.118. The molecule has 134 valence electrons. The molecule has 0 aliphatic carbocycles. The maximum absolute atomic E-state index is 13.1. The Labute approximate surface area is 149 Å². The van der Waals surface area contributed by atoms with E-state index >= 15 is 0 Å². The van der Waals surface area contributed by atoms with Crippen LogP contribution in [0.4, 0.5) is 8.78 Å². The molecule has 0 aliphatic heterocycles. The molecule has 4 nitrogen and oxygen atoms in total. The van der Waals surface area contributed by atoms with E-state index in [2.05, 4.69) is 5.32 Å². The maximum Gasteiger partial charge on any atom is 0.230 e. The molecule has 2 aromatic rings. The van der Waals surface area contributed by atoms with Crippen molar-refractivity contribution < 1.29 is 23.0 Å². The highest BCUT2D eigenvalue weighted by Crippen LogP contribution is 2.20. The third-order valence-corrected chi connectivity index (χ3v) is 4.08. The van der Waals surface area contributed by atoms with Gasteiger partial charge in [-0.2, -0.15) is 0 Å². The molecule has 2 aromatic carbocycles. The van der Waals surface area contributed by atoms with Crippen LogP contribution in [0.5, 0.6) is 11.5 Å². The second-order valence-electron chi connectivity index (χ2n) is 4.97. The van der Waals surface area contributed by atoms with Crippen LogP contribution in [0.15, 0.2) is 47.4 Å². The average Bonchev–Trinajstić information content (AvgIpc) is 2.61. The number of amides is 1. The molecule has 0 spiro atoms. The van der Waals surface area contributed by atoms with Crippen molar-refractivity contribution in [1.29, 1.82) is 0 Å². The smallest absolute Gasteiger partial charge is 0.230 e. The third kappa shape index (κ3) is 6.62. The van der Waals surface area contributed by atoms with Crippen LogP contribution >= 0.6 is 11.8 Å². The van der Waals surface area contributed by atoms with Gasteiger partial charge in [-0.3, -0.25) is 4.79 Å². The summed E-state index contributed by atoms with van der Waals surface area (Å²) in [5, 5.41) is 2.70. The van der Waals surface area contributed by atoms with Crippen molar-refractivity contribution in [2.24, 2.45) is 0 Å². The lowest BCUT2D eigenvalue weighted by atomic mass is 10.3. The van der Waals surface area contributed by atoms with Crippen molar-refractivity contribution in [3.63, 3.8) is 0 Å². The van der Waals surface area contributed by atoms with Crippen LogP contribution in [-0.2, 0) is 4.79 Å². The van der Waals surface area contributed by atoms with Crippen molar-refractivity contribution in [3.05, 3.63) is 54.1 Å². The number of carbonyl (C=O) groups is 1. The van der Waals surface area contributed by atoms with Crippen molar-refractivity contribution in [2.75, 3.05) is 25.5 Å². The number of hydrogen-bond acceptors (Lipinski definition) is 4. The van der Waals surface area contributed by atoms with Crippen LogP contribution in [0, 0.1) is 11.6 Å². The van der Waals surface area contributed by atoms with Gasteiger partial charge >= 0.3 is 0 Å². The first-order valence-corrected chi connectivity index (χ1v) is 8.77. The summed E-state index contributed by atoms with van der Waals surface area (Å²) >= 11 is 1.14. The highest BCUT2D eigenvalue weighted by molar-refractivity contribution is 8.00. The number of ether oxygens (including phenoxy) is 2. The van der Waals surface area contributed by atoms with Gasteiger partial charge in [0.1, 0.15) is 18.1 Å². The van der Waals surface area contributed by atoms with E-state index in [1.165, 1.54) is 6.07 Å². The first-order valence-electron chi connectivity index (χ1n) is 7.78. The summed E-state index contributed by atoms with van der Waals surface area (Å²) in [6.45, 7) is 3.20. The molecule has 0 atom stereocenters. The van der Waals surface area contributed by atoms with Gasteiger partial charge in [-0.05, 0) is 49.4 Å². The van der Waals surface area contributed by atoms with Crippen LogP contribution in [0.2, 0.25) is 0 Å². The minimum Gasteiger partial charge on any atom is -0.494 e. The van der Waals surface area contributed by atoms with E-state index in [4.69, 9.17) is 9.47 Å². The Morgan fingerprint density at radius 1 is 1.04 bits per heavy atom. The van der Waals surface area contributed by atoms with Crippen molar-refractivity contribution in [2.45, 2.75) is 11.8 Å². The Morgan fingerprint density at radius 2 is 1.72 bits per heavy atom. The van der Waals surface area contributed by atoms with Crippen LogP contribution < -0.4 is 14.8 Å². The zero-order chi connectivity index (χ0) is 18.1. The van der Waals surface area contributed by atoms with Crippen molar-refractivity contribution in [1.82, 2.24) is 5.32 Å². The Kier molecular flexibility index (Phi) is 7.53. The van der Waals surface area contributed by atoms with Crippen LogP contribution in [-0.4, -0.2) is 31.4 Å². The minimum absolute atomic E-state index is 0.119. The molecule has 0 bridgehead atoms. The summed E-state index contributed by atoms with van der Waals surface area (Å²) in [5.74, 6) is -0.445. The number of nitrogens with one attached hydrogen (secondary N) is 1. The lowest BCUT2D eigenvalue weighted by Crippen LogP contribution is -2.29. The van der Waals surface area contributed by atoms with Gasteiger partial charge in [0.25, 0.3) is 0 Å². The Hall–Kier alpha value is -2.28. The van der Waals surface area contributed by atoms with Crippen LogP contribution in [0.1, 0.15) is 6.92 Å². The van der Waals surface area contributed by atoms with E-state index < -0.39 is 11.6 Å². The van der Waals surface area contributed by atoms with E-state index in [1.54, 1.807) is 12.1 Å². The van der Waals surface area contributed by atoms with Gasteiger partial charge in [0.05, 0.1) is 18.9 Å². The van der Waals surface area contributed by atoms with E-state index in [-0.39, 0.29) is 11.7 Å². The Bertz CT molecular complexity index is 695. The molecule has 0 aromatic heterocycles. The standard InChI is InChI=1S/C18H19F2NO3S/c1-2-23-13-3-5-14(6-4-13)24-10-9-21-18(22)12-25-15-7-8-16(19)17(20)11-15/h3-8,11H,2,9-10,12H2,1H3,(H,21,22). The first kappa shape index (κ1) is 19.1. The maximum atomic E-state index is 13.1. The molecular weight excluding hydrogens is 348 g/mol. The fourth-order valence-corrected chi connectivity index (χ4v) is 2.68. The summed E-state index contributed by atoms with van der Waals surface area (Å²) in [6, 6.07) is 10.8. The van der Waals surface area contributed by atoms with E-state index in [9.17, 15) is 13.6 Å². The number of thioether (sulfide) groups is 1. The predicted molar refractivity (Wildman–Crippen MR) is 93.2 cm³/mol. The number of carbonyl (C=O) groups excluding carboxylic acids is 1. The molecule has 1 amide bonds. The van der Waals surface area contributed by atoms with E-state index in [0.717, 1.165) is 29.6 Å². The van der Waals surface area contributed by atoms with Gasteiger partial charge in [0, 0.05) is 4.90 Å². The molecule has 0 radical (unpaired) electrons. The summed E-state index contributed by atoms with van der Waals surface area (Å²) in [5.41, 5.74) is 0. The highest BCUT2D eigenvalue weighted by Gasteiger charge is 2.06. The lowest BCUT2D eigenvalue weighted by Gasteiger charge is -2.09. The number of rotatable bonds is 9. The number of benzene rings is 2. The quantitative estimate of drug-likeness (QED) is 0.543.